The van der Waals surface area contributed by atoms with E-state index >= 15 is 0 Å². The molecule has 2 aromatic rings. The maximum Gasteiger partial charge on any atom is 0.295 e. The molecule has 0 aromatic heterocycles. The lowest BCUT2D eigenvalue weighted by molar-refractivity contribution is -0.384. The number of nitrogens with zero attached hydrogens (tertiary/aromatic N) is 2. The van der Waals surface area contributed by atoms with Crippen LogP contribution in [0, 0.1) is 10.1 Å². The number of Topliss-reactive ketones (excluding diaryl/α,β-unsaturated/α-hetero) is 1. The van der Waals surface area contributed by atoms with Gasteiger partial charge in [0.1, 0.15) is 5.76 Å². The van der Waals surface area contributed by atoms with Crippen LogP contribution in [0.1, 0.15) is 17.2 Å². The molecule has 3 rings (SSSR count). The van der Waals surface area contributed by atoms with E-state index in [1.54, 1.807) is 36.4 Å². The Bertz CT molecular complexity index is 965. The fourth-order valence-electron chi connectivity index (χ4n) is 3.11. The Morgan fingerprint density at radius 1 is 1.19 bits per heavy atom. The van der Waals surface area contributed by atoms with Crippen molar-refractivity contribution in [2.75, 3.05) is 6.54 Å². The molecule has 7 nitrogen and oxygen atoms in total. The summed E-state index contributed by atoms with van der Waals surface area (Å²) in [5.74, 6) is -1.95. The molecule has 1 atom stereocenters. The molecule has 1 saturated heterocycles. The Kier molecular flexibility index (Phi) is 4.85. The summed E-state index contributed by atoms with van der Waals surface area (Å²) >= 11 is 0. The number of likely N-dealkylation sites (tertiary alicyclic amines) is 1. The van der Waals surface area contributed by atoms with Crippen LogP contribution in [-0.4, -0.2) is 33.2 Å². The van der Waals surface area contributed by atoms with Crippen molar-refractivity contribution in [3.8, 4) is 0 Å². The van der Waals surface area contributed by atoms with Gasteiger partial charge in [-0.15, -0.1) is 6.58 Å². The number of carbonyl (C=O) groups excluding carboxylic acids is 2. The fourth-order valence-corrected chi connectivity index (χ4v) is 3.11. The number of carbonyl (C=O) groups is 2. The predicted octanol–water partition coefficient (Wildman–Crippen LogP) is 3.20. The zero-order valence-corrected chi connectivity index (χ0v) is 14.2. The highest BCUT2D eigenvalue weighted by Crippen LogP contribution is 2.39. The molecule has 1 amide bonds. The second-order valence-corrected chi connectivity index (χ2v) is 5.96. The minimum atomic E-state index is -0.942. The predicted molar refractivity (Wildman–Crippen MR) is 98.7 cm³/mol. The second kappa shape index (κ2) is 7.25. The Morgan fingerprint density at radius 2 is 1.89 bits per heavy atom. The van der Waals surface area contributed by atoms with Gasteiger partial charge in [0, 0.05) is 24.2 Å². The first-order chi connectivity index (χ1) is 13.0. The fraction of sp³-hybridized carbons (Fsp3) is 0.100. The average Bonchev–Trinajstić information content (AvgIpc) is 2.93. The number of nitro benzene ring substituents is 1. The van der Waals surface area contributed by atoms with Crippen molar-refractivity contribution in [1.29, 1.82) is 0 Å². The van der Waals surface area contributed by atoms with Gasteiger partial charge in [0.25, 0.3) is 17.4 Å². The smallest absolute Gasteiger partial charge is 0.295 e. The number of ketones is 1. The summed E-state index contributed by atoms with van der Waals surface area (Å²) in [6.07, 6.45) is 1.46. The second-order valence-electron chi connectivity index (χ2n) is 5.96. The third kappa shape index (κ3) is 3.22. The van der Waals surface area contributed by atoms with Crippen molar-refractivity contribution in [3.05, 3.63) is 94.1 Å². The molecular weight excluding hydrogens is 348 g/mol. The van der Waals surface area contributed by atoms with Crippen LogP contribution in [0.15, 0.2) is 72.8 Å². The monoisotopic (exact) mass is 364 g/mol. The molecule has 1 aliphatic rings. The van der Waals surface area contributed by atoms with Gasteiger partial charge in [0.05, 0.1) is 16.5 Å². The summed E-state index contributed by atoms with van der Waals surface area (Å²) in [6.45, 7) is 3.65. The zero-order valence-electron chi connectivity index (χ0n) is 14.2. The summed E-state index contributed by atoms with van der Waals surface area (Å²) in [7, 11) is 0. The van der Waals surface area contributed by atoms with Crippen LogP contribution in [-0.2, 0) is 9.59 Å². The summed E-state index contributed by atoms with van der Waals surface area (Å²) in [4.78, 5) is 36.9. The van der Waals surface area contributed by atoms with Crippen molar-refractivity contribution in [3.63, 3.8) is 0 Å². The van der Waals surface area contributed by atoms with E-state index in [0.717, 1.165) is 0 Å². The van der Waals surface area contributed by atoms with E-state index in [1.807, 2.05) is 0 Å². The average molecular weight is 364 g/mol. The van der Waals surface area contributed by atoms with Crippen LogP contribution < -0.4 is 0 Å². The third-order valence-corrected chi connectivity index (χ3v) is 4.31. The van der Waals surface area contributed by atoms with Crippen molar-refractivity contribution >= 4 is 23.1 Å². The first-order valence-corrected chi connectivity index (χ1v) is 8.14. The molecule has 0 spiro atoms. The largest absolute Gasteiger partial charge is 0.507 e. The Hall–Kier alpha value is -3.74. The van der Waals surface area contributed by atoms with E-state index in [0.29, 0.717) is 11.1 Å². The van der Waals surface area contributed by atoms with Gasteiger partial charge in [-0.2, -0.15) is 0 Å². The van der Waals surface area contributed by atoms with Crippen LogP contribution in [0.25, 0.3) is 5.76 Å². The number of amides is 1. The number of nitro groups is 1. The Balaban J connectivity index is 2.22. The van der Waals surface area contributed by atoms with Gasteiger partial charge < -0.3 is 10.0 Å². The normalized spacial score (nSPS) is 18.5. The molecular formula is C20H16N2O5. The minimum Gasteiger partial charge on any atom is -0.507 e. The molecule has 1 aliphatic heterocycles. The van der Waals surface area contributed by atoms with Gasteiger partial charge in [-0.3, -0.25) is 19.7 Å². The van der Waals surface area contributed by atoms with E-state index in [-0.39, 0.29) is 23.6 Å². The summed E-state index contributed by atoms with van der Waals surface area (Å²) < 4.78 is 0. The van der Waals surface area contributed by atoms with E-state index in [4.69, 9.17) is 0 Å². The van der Waals surface area contributed by atoms with Crippen LogP contribution in [0.5, 0.6) is 0 Å². The highest BCUT2D eigenvalue weighted by molar-refractivity contribution is 6.46. The number of benzene rings is 2. The molecule has 136 valence electrons. The minimum absolute atomic E-state index is 0.0590. The van der Waals surface area contributed by atoms with Crippen molar-refractivity contribution in [2.45, 2.75) is 6.04 Å². The number of non-ortho nitro benzene ring substituents is 1. The van der Waals surface area contributed by atoms with Crippen LogP contribution >= 0.6 is 0 Å². The van der Waals surface area contributed by atoms with Gasteiger partial charge in [0.15, 0.2) is 0 Å². The molecule has 0 radical (unpaired) electrons. The van der Waals surface area contributed by atoms with E-state index in [9.17, 15) is 24.8 Å². The number of aliphatic hydroxyl groups is 1. The SMILES string of the molecule is C=CCN1C(=O)C(=O)C(=C(O)c2ccccc2)[C@@H]1c1cccc([N+](=O)[O-])c1. The molecule has 1 N–H and O–H groups in total. The van der Waals surface area contributed by atoms with Crippen LogP contribution in [0.2, 0.25) is 0 Å². The van der Waals surface area contributed by atoms with Gasteiger partial charge >= 0.3 is 0 Å². The topological polar surface area (TPSA) is 101 Å². The molecule has 0 saturated carbocycles. The molecule has 0 aliphatic carbocycles. The van der Waals surface area contributed by atoms with E-state index in [1.165, 1.54) is 29.2 Å². The number of aliphatic hydroxyl groups excluding tert-OH is 1. The molecule has 7 heteroatoms. The van der Waals surface area contributed by atoms with Gasteiger partial charge in [0.2, 0.25) is 0 Å². The Labute approximate surface area is 155 Å². The van der Waals surface area contributed by atoms with Crippen molar-refractivity contribution < 1.29 is 19.6 Å². The van der Waals surface area contributed by atoms with Crippen LogP contribution in [0.4, 0.5) is 5.69 Å². The molecule has 0 unspecified atom stereocenters. The lowest BCUT2D eigenvalue weighted by Gasteiger charge is -2.23. The molecule has 27 heavy (non-hydrogen) atoms. The van der Waals surface area contributed by atoms with Crippen molar-refractivity contribution in [2.24, 2.45) is 0 Å². The van der Waals surface area contributed by atoms with E-state index in [2.05, 4.69) is 6.58 Å². The maximum atomic E-state index is 12.6. The summed E-state index contributed by atoms with van der Waals surface area (Å²) in [6, 6.07) is 13.1. The zero-order chi connectivity index (χ0) is 19.6. The Morgan fingerprint density at radius 3 is 2.52 bits per heavy atom. The van der Waals surface area contributed by atoms with Crippen LogP contribution in [0.3, 0.4) is 0 Å². The number of hydrogen-bond donors (Lipinski definition) is 1. The first-order valence-electron chi connectivity index (χ1n) is 8.14. The van der Waals surface area contributed by atoms with Gasteiger partial charge in [-0.1, -0.05) is 48.5 Å². The highest BCUT2D eigenvalue weighted by Gasteiger charge is 2.45. The lowest BCUT2D eigenvalue weighted by Crippen LogP contribution is -2.29. The first kappa shape index (κ1) is 18.1. The quantitative estimate of drug-likeness (QED) is 0.219. The molecule has 2 aromatic carbocycles. The van der Waals surface area contributed by atoms with Gasteiger partial charge in [-0.25, -0.2) is 0 Å². The maximum absolute atomic E-state index is 12.6. The highest BCUT2D eigenvalue weighted by atomic mass is 16.6. The number of hydrogen-bond acceptors (Lipinski definition) is 5. The van der Waals surface area contributed by atoms with Crippen molar-refractivity contribution in [1.82, 2.24) is 4.90 Å². The molecule has 1 heterocycles. The summed E-state index contributed by atoms with van der Waals surface area (Å²) in [5.41, 5.74) is 0.470. The van der Waals surface area contributed by atoms with Gasteiger partial charge in [-0.05, 0) is 5.56 Å². The number of rotatable bonds is 5. The standard InChI is InChI=1S/C20H16N2O5/c1-2-11-21-17(14-9-6-10-15(12-14)22(26)27)16(19(24)20(21)25)18(23)13-7-4-3-5-8-13/h2-10,12,17,23H,1,11H2/t17-/m0/s1. The third-order valence-electron chi connectivity index (χ3n) is 4.31. The van der Waals surface area contributed by atoms with E-state index < -0.39 is 22.7 Å². The molecule has 1 fully saturated rings. The summed E-state index contributed by atoms with van der Waals surface area (Å²) in [5, 5.41) is 21.8. The lowest BCUT2D eigenvalue weighted by atomic mass is 9.95. The molecule has 0 bridgehead atoms.